The summed E-state index contributed by atoms with van der Waals surface area (Å²) < 4.78 is 12.9. The molecule has 1 rings (SSSR count). The third-order valence-electron chi connectivity index (χ3n) is 2.44. The van der Waals surface area contributed by atoms with Crippen molar-refractivity contribution in [1.82, 2.24) is 5.32 Å². The second kappa shape index (κ2) is 6.61. The highest BCUT2D eigenvalue weighted by Gasteiger charge is 2.09. The molecule has 0 radical (unpaired) electrons. The van der Waals surface area contributed by atoms with Crippen molar-refractivity contribution in [3.05, 3.63) is 34.6 Å². The summed E-state index contributed by atoms with van der Waals surface area (Å²) in [6, 6.07) is 4.57. The molecule has 0 fully saturated rings. The highest BCUT2D eigenvalue weighted by Crippen LogP contribution is 2.18. The molecule has 2 nitrogen and oxygen atoms in total. The molecule has 1 unspecified atom stereocenters. The Kier molecular flexibility index (Phi) is 5.43. The number of carbonyl (C=O) groups excluding carboxylic acids is 1. The largest absolute Gasteiger partial charge is 0.320 e. The highest BCUT2D eigenvalue weighted by molar-refractivity contribution is 6.30. The molecule has 1 aromatic carbocycles. The number of nitrogens with one attached hydrogen (secondary N) is 1. The van der Waals surface area contributed by atoms with Crippen LogP contribution in [0.15, 0.2) is 18.2 Å². The molecule has 0 bridgehead atoms. The van der Waals surface area contributed by atoms with Crippen LogP contribution in [0.2, 0.25) is 5.02 Å². The van der Waals surface area contributed by atoms with Gasteiger partial charge in [-0.15, -0.1) is 0 Å². The Labute approximate surface area is 99.8 Å². The summed E-state index contributed by atoms with van der Waals surface area (Å²) in [7, 11) is 1.84. The Morgan fingerprint density at radius 3 is 2.88 bits per heavy atom. The SMILES string of the molecule is CNCCC(C=O)Cc1ccc(F)c(Cl)c1. The van der Waals surface area contributed by atoms with Crippen LogP contribution in [-0.2, 0) is 11.2 Å². The molecule has 88 valence electrons. The Morgan fingerprint density at radius 1 is 1.56 bits per heavy atom. The monoisotopic (exact) mass is 243 g/mol. The number of benzene rings is 1. The Bertz CT molecular complexity index is 357. The molecule has 0 aromatic heterocycles. The fraction of sp³-hybridized carbons (Fsp3) is 0.417. The first-order valence-electron chi connectivity index (χ1n) is 5.21. The zero-order chi connectivity index (χ0) is 12.0. The van der Waals surface area contributed by atoms with Crippen molar-refractivity contribution >= 4 is 17.9 Å². The van der Waals surface area contributed by atoms with E-state index < -0.39 is 5.82 Å². The lowest BCUT2D eigenvalue weighted by atomic mass is 9.97. The molecule has 0 aliphatic carbocycles. The van der Waals surface area contributed by atoms with Gasteiger partial charge >= 0.3 is 0 Å². The maximum absolute atomic E-state index is 12.9. The van der Waals surface area contributed by atoms with Crippen LogP contribution in [0.25, 0.3) is 0 Å². The topological polar surface area (TPSA) is 29.1 Å². The van der Waals surface area contributed by atoms with E-state index in [9.17, 15) is 9.18 Å². The minimum Gasteiger partial charge on any atom is -0.320 e. The second-order valence-corrected chi connectivity index (χ2v) is 4.15. The third-order valence-corrected chi connectivity index (χ3v) is 2.73. The van der Waals surface area contributed by atoms with Gasteiger partial charge in [0.05, 0.1) is 5.02 Å². The van der Waals surface area contributed by atoms with Crippen molar-refractivity contribution in [2.24, 2.45) is 5.92 Å². The zero-order valence-electron chi connectivity index (χ0n) is 9.17. The van der Waals surface area contributed by atoms with Crippen molar-refractivity contribution < 1.29 is 9.18 Å². The van der Waals surface area contributed by atoms with Gasteiger partial charge in [0.2, 0.25) is 0 Å². The summed E-state index contributed by atoms with van der Waals surface area (Å²) in [5.41, 5.74) is 0.889. The van der Waals surface area contributed by atoms with E-state index in [2.05, 4.69) is 5.32 Å². The van der Waals surface area contributed by atoms with Gasteiger partial charge in [-0.1, -0.05) is 17.7 Å². The molecular formula is C12H15ClFNO. The molecule has 16 heavy (non-hydrogen) atoms. The molecule has 0 heterocycles. The van der Waals surface area contributed by atoms with Gasteiger partial charge in [-0.25, -0.2) is 4.39 Å². The molecule has 1 aromatic rings. The first kappa shape index (κ1) is 13.1. The van der Waals surface area contributed by atoms with Gasteiger partial charge in [0, 0.05) is 5.92 Å². The minimum absolute atomic E-state index is 0.0472. The Hall–Kier alpha value is -0.930. The van der Waals surface area contributed by atoms with Crippen LogP contribution in [0.4, 0.5) is 4.39 Å². The molecular weight excluding hydrogens is 229 g/mol. The van der Waals surface area contributed by atoms with Crippen LogP contribution in [0.5, 0.6) is 0 Å². The van der Waals surface area contributed by atoms with Crippen molar-refractivity contribution in [2.45, 2.75) is 12.8 Å². The summed E-state index contributed by atoms with van der Waals surface area (Å²) in [6.07, 6.45) is 2.31. The van der Waals surface area contributed by atoms with Crippen LogP contribution < -0.4 is 5.32 Å². The van der Waals surface area contributed by atoms with E-state index >= 15 is 0 Å². The van der Waals surface area contributed by atoms with Gasteiger partial charge in [0.1, 0.15) is 12.1 Å². The first-order chi connectivity index (χ1) is 7.67. The summed E-state index contributed by atoms with van der Waals surface area (Å²) in [5.74, 6) is -0.475. The van der Waals surface area contributed by atoms with Crippen LogP contribution in [0, 0.1) is 11.7 Å². The number of hydrogen-bond acceptors (Lipinski definition) is 2. The molecule has 0 spiro atoms. The molecule has 0 saturated heterocycles. The van der Waals surface area contributed by atoms with Crippen LogP contribution >= 0.6 is 11.6 Å². The summed E-state index contributed by atoms with van der Waals surface area (Å²) in [4.78, 5) is 10.8. The van der Waals surface area contributed by atoms with E-state index in [1.165, 1.54) is 6.07 Å². The lowest BCUT2D eigenvalue weighted by molar-refractivity contribution is -0.111. The number of carbonyl (C=O) groups is 1. The van der Waals surface area contributed by atoms with Crippen LogP contribution in [0.1, 0.15) is 12.0 Å². The summed E-state index contributed by atoms with van der Waals surface area (Å²) in [6.45, 7) is 0.790. The van der Waals surface area contributed by atoms with Crippen molar-refractivity contribution in [3.8, 4) is 0 Å². The molecule has 0 saturated carbocycles. The molecule has 0 aliphatic rings. The van der Waals surface area contributed by atoms with E-state index in [-0.39, 0.29) is 10.9 Å². The molecule has 4 heteroatoms. The highest BCUT2D eigenvalue weighted by atomic mass is 35.5. The van der Waals surface area contributed by atoms with E-state index in [1.807, 2.05) is 7.05 Å². The van der Waals surface area contributed by atoms with Gasteiger partial charge in [0.15, 0.2) is 0 Å². The predicted octanol–water partition coefficient (Wildman–Crippen LogP) is 2.45. The van der Waals surface area contributed by atoms with Gasteiger partial charge in [0.25, 0.3) is 0 Å². The van der Waals surface area contributed by atoms with E-state index in [1.54, 1.807) is 12.1 Å². The standard InChI is InChI=1S/C12H15ClFNO/c1-15-5-4-10(8-16)6-9-2-3-12(14)11(13)7-9/h2-3,7-8,10,15H,4-6H2,1H3. The smallest absolute Gasteiger partial charge is 0.141 e. The number of hydrogen-bond donors (Lipinski definition) is 1. The van der Waals surface area contributed by atoms with Crippen molar-refractivity contribution in [1.29, 1.82) is 0 Å². The maximum atomic E-state index is 12.9. The van der Waals surface area contributed by atoms with Gasteiger partial charge in [-0.3, -0.25) is 0 Å². The fourth-order valence-corrected chi connectivity index (χ4v) is 1.72. The third kappa shape index (κ3) is 3.91. The maximum Gasteiger partial charge on any atom is 0.141 e. The second-order valence-electron chi connectivity index (χ2n) is 3.74. The number of aldehydes is 1. The van der Waals surface area contributed by atoms with E-state index in [4.69, 9.17) is 11.6 Å². The average molecular weight is 244 g/mol. The van der Waals surface area contributed by atoms with E-state index in [0.717, 1.165) is 24.8 Å². The quantitative estimate of drug-likeness (QED) is 0.778. The Morgan fingerprint density at radius 2 is 2.31 bits per heavy atom. The number of halogens is 2. The summed E-state index contributed by atoms with van der Waals surface area (Å²) in [5, 5.41) is 3.10. The van der Waals surface area contributed by atoms with Gasteiger partial charge in [-0.2, -0.15) is 0 Å². The first-order valence-corrected chi connectivity index (χ1v) is 5.59. The van der Waals surface area contributed by atoms with E-state index in [0.29, 0.717) is 6.42 Å². The van der Waals surface area contributed by atoms with Gasteiger partial charge in [-0.05, 0) is 44.1 Å². The molecule has 1 atom stereocenters. The molecule has 0 aliphatic heterocycles. The fourth-order valence-electron chi connectivity index (χ4n) is 1.52. The Balaban J connectivity index is 2.63. The molecule has 0 amide bonds. The zero-order valence-corrected chi connectivity index (χ0v) is 9.93. The minimum atomic E-state index is -0.428. The predicted molar refractivity (Wildman–Crippen MR) is 63.2 cm³/mol. The van der Waals surface area contributed by atoms with Gasteiger partial charge < -0.3 is 10.1 Å². The lowest BCUT2D eigenvalue weighted by Crippen LogP contribution is -2.15. The van der Waals surface area contributed by atoms with Crippen LogP contribution in [0.3, 0.4) is 0 Å². The van der Waals surface area contributed by atoms with Crippen molar-refractivity contribution in [2.75, 3.05) is 13.6 Å². The lowest BCUT2D eigenvalue weighted by Gasteiger charge is -2.10. The number of rotatable bonds is 6. The van der Waals surface area contributed by atoms with Crippen LogP contribution in [-0.4, -0.2) is 19.9 Å². The summed E-state index contributed by atoms with van der Waals surface area (Å²) >= 11 is 5.67. The molecule has 1 N–H and O–H groups in total. The van der Waals surface area contributed by atoms with Crippen molar-refractivity contribution in [3.63, 3.8) is 0 Å². The normalized spacial score (nSPS) is 12.4. The average Bonchev–Trinajstić information content (AvgIpc) is 2.29.